The zero-order chi connectivity index (χ0) is 31.5. The smallest absolute Gasteiger partial charge is 0.270 e. The highest BCUT2D eigenvalue weighted by Crippen LogP contribution is 2.34. The normalized spacial score (nSPS) is 13.5. The van der Waals surface area contributed by atoms with Crippen LogP contribution in [0.2, 0.25) is 0 Å². The first-order valence-electron chi connectivity index (χ1n) is 14.6. The fraction of sp³-hybridized carbons (Fsp3) is 0.212. The highest BCUT2D eigenvalue weighted by atomic mass is 16.6. The van der Waals surface area contributed by atoms with E-state index in [0.717, 1.165) is 43.5 Å². The number of aliphatic imine (C=N–C) groups is 1. The van der Waals surface area contributed by atoms with Crippen molar-refractivity contribution in [3.8, 4) is 17.1 Å². The molecular formula is C33H31N7O5. The SMILES string of the molecule is CC(=O)Nc1ncc(-c2ccc(N=C(c3ccc(CCCN4CCCC4=O)cc3)c3c(O)[nH]c4ccc([N+](=O)[O-])cc34)cc2)[nH]1. The van der Waals surface area contributed by atoms with Crippen LogP contribution in [0.1, 0.15) is 42.9 Å². The van der Waals surface area contributed by atoms with Gasteiger partial charge in [-0.25, -0.2) is 9.98 Å². The molecular weight excluding hydrogens is 574 g/mol. The number of nitro groups is 1. The van der Waals surface area contributed by atoms with Crippen molar-refractivity contribution in [2.75, 3.05) is 18.4 Å². The van der Waals surface area contributed by atoms with Gasteiger partial charge in [0.25, 0.3) is 5.69 Å². The lowest BCUT2D eigenvalue weighted by molar-refractivity contribution is -0.384. The Hall–Kier alpha value is -5.78. The van der Waals surface area contributed by atoms with Crippen molar-refractivity contribution < 1.29 is 19.6 Å². The van der Waals surface area contributed by atoms with Crippen LogP contribution in [0, 0.1) is 10.1 Å². The van der Waals surface area contributed by atoms with Crippen LogP contribution in [0.4, 0.5) is 17.3 Å². The molecule has 5 aromatic rings. The third-order valence-corrected chi connectivity index (χ3v) is 7.79. The number of aromatic hydroxyl groups is 1. The number of nitro benzene ring substituents is 1. The number of likely N-dealkylation sites (tertiary alicyclic amines) is 1. The lowest BCUT2D eigenvalue weighted by atomic mass is 9.98. The van der Waals surface area contributed by atoms with E-state index < -0.39 is 4.92 Å². The number of non-ortho nitro benzene ring substituents is 1. The Balaban J connectivity index is 1.33. The quantitative estimate of drug-likeness (QED) is 0.0883. The molecule has 0 aliphatic carbocycles. The zero-order valence-electron chi connectivity index (χ0n) is 24.5. The molecule has 2 aromatic heterocycles. The van der Waals surface area contributed by atoms with Gasteiger partial charge in [0.15, 0.2) is 5.88 Å². The van der Waals surface area contributed by atoms with Gasteiger partial charge in [0.2, 0.25) is 17.8 Å². The number of aromatic nitrogens is 3. The second kappa shape index (κ2) is 12.4. The van der Waals surface area contributed by atoms with Crippen LogP contribution in [-0.4, -0.2) is 60.5 Å². The molecule has 12 heteroatoms. The summed E-state index contributed by atoms with van der Waals surface area (Å²) in [6.07, 6.45) is 4.83. The number of anilines is 1. The molecule has 0 unspecified atom stereocenters. The van der Waals surface area contributed by atoms with Crippen molar-refractivity contribution in [2.24, 2.45) is 4.99 Å². The number of rotatable bonds is 10. The van der Waals surface area contributed by atoms with E-state index in [2.05, 4.69) is 20.3 Å². The third kappa shape index (κ3) is 6.44. The maximum atomic E-state index is 11.9. The molecule has 1 fully saturated rings. The topological polar surface area (TPSA) is 170 Å². The molecule has 0 saturated carbocycles. The van der Waals surface area contributed by atoms with Crippen LogP contribution in [0.25, 0.3) is 22.2 Å². The Labute approximate surface area is 258 Å². The van der Waals surface area contributed by atoms with E-state index in [1.54, 1.807) is 12.3 Å². The Morgan fingerprint density at radius 2 is 1.89 bits per heavy atom. The molecule has 45 heavy (non-hydrogen) atoms. The number of nitrogens with one attached hydrogen (secondary N) is 3. The summed E-state index contributed by atoms with van der Waals surface area (Å²) in [6, 6.07) is 19.6. The molecule has 228 valence electrons. The number of imidazole rings is 1. The summed E-state index contributed by atoms with van der Waals surface area (Å²) in [4.78, 5) is 51.4. The number of fused-ring (bicyclic) bond motifs is 1. The highest BCUT2D eigenvalue weighted by molar-refractivity contribution is 6.22. The van der Waals surface area contributed by atoms with Gasteiger partial charge in [-0.2, -0.15) is 0 Å². The molecule has 12 nitrogen and oxygen atoms in total. The number of H-pyrrole nitrogens is 2. The Bertz CT molecular complexity index is 1920. The van der Waals surface area contributed by atoms with E-state index >= 15 is 0 Å². The Morgan fingerprint density at radius 3 is 2.58 bits per heavy atom. The van der Waals surface area contributed by atoms with E-state index in [0.29, 0.717) is 51.5 Å². The van der Waals surface area contributed by atoms with Gasteiger partial charge in [0, 0.05) is 55.0 Å². The maximum Gasteiger partial charge on any atom is 0.270 e. The first-order valence-corrected chi connectivity index (χ1v) is 14.6. The number of amides is 2. The number of hydrogen-bond acceptors (Lipinski definition) is 7. The van der Waals surface area contributed by atoms with Crippen molar-refractivity contribution in [3.63, 3.8) is 0 Å². The molecule has 3 aromatic carbocycles. The summed E-state index contributed by atoms with van der Waals surface area (Å²) in [5, 5.41) is 25.7. The molecule has 6 rings (SSSR count). The molecule has 0 radical (unpaired) electrons. The average molecular weight is 606 g/mol. The third-order valence-electron chi connectivity index (χ3n) is 7.79. The minimum atomic E-state index is -0.472. The van der Waals surface area contributed by atoms with E-state index in [1.165, 1.54) is 19.1 Å². The lowest BCUT2D eigenvalue weighted by Gasteiger charge is -2.15. The van der Waals surface area contributed by atoms with Gasteiger partial charge in [-0.15, -0.1) is 0 Å². The summed E-state index contributed by atoms with van der Waals surface area (Å²) in [6.45, 7) is 2.96. The minimum absolute atomic E-state index is 0.100. The highest BCUT2D eigenvalue weighted by Gasteiger charge is 2.22. The van der Waals surface area contributed by atoms with Gasteiger partial charge >= 0.3 is 0 Å². The van der Waals surface area contributed by atoms with Gasteiger partial charge in [0.1, 0.15) is 0 Å². The van der Waals surface area contributed by atoms with Gasteiger partial charge in [-0.05, 0) is 48.6 Å². The van der Waals surface area contributed by atoms with Gasteiger partial charge in [-0.3, -0.25) is 25.0 Å². The molecule has 1 aliphatic heterocycles. The van der Waals surface area contributed by atoms with Crippen molar-refractivity contribution in [1.82, 2.24) is 19.9 Å². The maximum absolute atomic E-state index is 11.9. The molecule has 0 spiro atoms. The Kier molecular flexibility index (Phi) is 8.10. The van der Waals surface area contributed by atoms with Crippen molar-refractivity contribution >= 4 is 45.8 Å². The first kappa shape index (κ1) is 29.3. The summed E-state index contributed by atoms with van der Waals surface area (Å²) in [5.41, 5.74) is 5.18. The predicted molar refractivity (Wildman–Crippen MR) is 171 cm³/mol. The largest absolute Gasteiger partial charge is 0.494 e. The summed E-state index contributed by atoms with van der Waals surface area (Å²) >= 11 is 0. The standard InChI is InChI=1S/C33H31N7O5/c1-20(41)35-33-34-19-28(38-33)22-10-12-24(13-11-22)36-31(30-26-18-25(40(44)45)14-15-27(26)37-32(30)43)23-8-6-21(7-9-23)4-2-16-39-17-3-5-29(39)42/h6-15,18-19,37,43H,2-5,16-17H2,1H3,(H2,34,35,38,41). The summed E-state index contributed by atoms with van der Waals surface area (Å²) in [7, 11) is 0. The van der Waals surface area contributed by atoms with E-state index in [4.69, 9.17) is 4.99 Å². The zero-order valence-corrected chi connectivity index (χ0v) is 24.5. The number of aryl methyl sites for hydroxylation is 1. The average Bonchev–Trinajstić information content (AvgIpc) is 3.74. The van der Waals surface area contributed by atoms with E-state index in [9.17, 15) is 24.8 Å². The molecule has 3 heterocycles. The van der Waals surface area contributed by atoms with Crippen LogP contribution in [-0.2, 0) is 16.0 Å². The van der Waals surface area contributed by atoms with Gasteiger partial charge in [0.05, 0.1) is 33.8 Å². The number of aromatic amines is 2. The van der Waals surface area contributed by atoms with E-state index in [-0.39, 0.29) is 23.4 Å². The molecule has 1 aliphatic rings. The lowest BCUT2D eigenvalue weighted by Crippen LogP contribution is -2.25. The Morgan fingerprint density at radius 1 is 1.11 bits per heavy atom. The van der Waals surface area contributed by atoms with E-state index in [1.807, 2.05) is 53.4 Å². The second-order valence-electron chi connectivity index (χ2n) is 11.0. The molecule has 4 N–H and O–H groups in total. The fourth-order valence-corrected chi connectivity index (χ4v) is 5.57. The van der Waals surface area contributed by atoms with Crippen molar-refractivity contribution in [3.05, 3.63) is 99.7 Å². The number of nitrogens with zero attached hydrogens (tertiary/aromatic N) is 4. The summed E-state index contributed by atoms with van der Waals surface area (Å²) in [5.74, 6) is 0.185. The van der Waals surface area contributed by atoms with Gasteiger partial charge in [-0.1, -0.05) is 36.4 Å². The molecule has 0 bridgehead atoms. The number of carbonyl (C=O) groups excluding carboxylic acids is 2. The monoisotopic (exact) mass is 605 g/mol. The number of hydrogen-bond donors (Lipinski definition) is 4. The number of benzene rings is 3. The molecule has 2 amide bonds. The summed E-state index contributed by atoms with van der Waals surface area (Å²) < 4.78 is 0. The minimum Gasteiger partial charge on any atom is -0.494 e. The molecule has 1 saturated heterocycles. The van der Waals surface area contributed by atoms with Crippen molar-refractivity contribution in [1.29, 1.82) is 0 Å². The first-order chi connectivity index (χ1) is 21.7. The predicted octanol–water partition coefficient (Wildman–Crippen LogP) is 5.85. The van der Waals surface area contributed by atoms with Crippen LogP contribution in [0.3, 0.4) is 0 Å². The van der Waals surface area contributed by atoms with Crippen LogP contribution in [0.5, 0.6) is 5.88 Å². The second-order valence-corrected chi connectivity index (χ2v) is 11.0. The van der Waals surface area contributed by atoms with Crippen LogP contribution >= 0.6 is 0 Å². The van der Waals surface area contributed by atoms with Crippen molar-refractivity contribution in [2.45, 2.75) is 32.6 Å². The fourth-order valence-electron chi connectivity index (χ4n) is 5.57. The van der Waals surface area contributed by atoms with Crippen LogP contribution < -0.4 is 5.32 Å². The number of carbonyl (C=O) groups is 2. The van der Waals surface area contributed by atoms with Crippen LogP contribution in [0.15, 0.2) is 77.9 Å². The van der Waals surface area contributed by atoms with Gasteiger partial charge < -0.3 is 20.0 Å². The molecule has 0 atom stereocenters.